The van der Waals surface area contributed by atoms with Crippen LogP contribution in [0.4, 0.5) is 0 Å². The largest absolute Gasteiger partial charge is 0.488 e. The predicted octanol–water partition coefficient (Wildman–Crippen LogP) is 0.0119. The van der Waals surface area contributed by atoms with Crippen LogP contribution in [0.15, 0.2) is 36.4 Å². The van der Waals surface area contributed by atoms with Crippen LogP contribution in [-0.4, -0.2) is 22.3 Å². The molecular weight excluding hydrogens is 191 g/mol. The fraction of sp³-hybridized carbons (Fsp3) is 0.0909. The Kier molecular flexibility index (Phi) is 2.73. The van der Waals surface area contributed by atoms with Crippen molar-refractivity contribution in [2.45, 2.75) is 6.61 Å². The standard InChI is InChI=1S/C11H11BO3/c13-7-8-1-2-10-6-11(12(14)15)4-3-9(10)5-8/h1-6,13-15H,7H2. The molecular formula is C11H11BO3. The predicted molar refractivity (Wildman–Crippen MR) is 59.7 cm³/mol. The Balaban J connectivity index is 2.55. The molecule has 0 aliphatic rings. The molecule has 0 heterocycles. The van der Waals surface area contributed by atoms with E-state index in [1.165, 1.54) is 0 Å². The second kappa shape index (κ2) is 4.02. The summed E-state index contributed by atoms with van der Waals surface area (Å²) in [7, 11) is -1.44. The van der Waals surface area contributed by atoms with Gasteiger partial charge in [0.2, 0.25) is 0 Å². The number of aliphatic hydroxyl groups excluding tert-OH is 1. The first-order valence-electron chi connectivity index (χ1n) is 4.70. The first-order valence-corrected chi connectivity index (χ1v) is 4.70. The number of fused-ring (bicyclic) bond motifs is 1. The molecule has 0 unspecified atom stereocenters. The molecule has 0 fully saturated rings. The topological polar surface area (TPSA) is 60.7 Å². The van der Waals surface area contributed by atoms with Gasteiger partial charge in [-0.1, -0.05) is 30.3 Å². The van der Waals surface area contributed by atoms with Crippen LogP contribution in [0.3, 0.4) is 0 Å². The Morgan fingerprint density at radius 1 is 0.933 bits per heavy atom. The average molecular weight is 202 g/mol. The van der Waals surface area contributed by atoms with Crippen molar-refractivity contribution in [3.05, 3.63) is 42.0 Å². The molecule has 0 atom stereocenters. The fourth-order valence-electron chi connectivity index (χ4n) is 1.57. The fourth-order valence-corrected chi connectivity index (χ4v) is 1.57. The van der Waals surface area contributed by atoms with E-state index in [0.29, 0.717) is 5.46 Å². The van der Waals surface area contributed by atoms with Crippen molar-refractivity contribution >= 4 is 23.4 Å². The summed E-state index contributed by atoms with van der Waals surface area (Å²) in [4.78, 5) is 0. The van der Waals surface area contributed by atoms with Gasteiger partial charge >= 0.3 is 7.12 Å². The minimum absolute atomic E-state index is 0.0142. The highest BCUT2D eigenvalue weighted by atomic mass is 16.4. The van der Waals surface area contributed by atoms with E-state index < -0.39 is 7.12 Å². The summed E-state index contributed by atoms with van der Waals surface area (Å²) < 4.78 is 0. The van der Waals surface area contributed by atoms with E-state index in [4.69, 9.17) is 15.2 Å². The number of hydrogen-bond donors (Lipinski definition) is 3. The van der Waals surface area contributed by atoms with Gasteiger partial charge < -0.3 is 15.2 Å². The molecule has 2 aromatic carbocycles. The van der Waals surface area contributed by atoms with Crippen molar-refractivity contribution in [2.75, 3.05) is 0 Å². The van der Waals surface area contributed by atoms with Crippen LogP contribution in [0.1, 0.15) is 5.56 Å². The average Bonchev–Trinajstić information content (AvgIpc) is 2.27. The minimum Gasteiger partial charge on any atom is -0.423 e. The highest BCUT2D eigenvalue weighted by Gasteiger charge is 2.10. The van der Waals surface area contributed by atoms with Gasteiger partial charge in [0.05, 0.1) is 6.61 Å². The second-order valence-corrected chi connectivity index (χ2v) is 3.47. The van der Waals surface area contributed by atoms with Crippen LogP contribution in [0.2, 0.25) is 0 Å². The molecule has 2 rings (SSSR count). The molecule has 3 N–H and O–H groups in total. The highest BCUT2D eigenvalue weighted by Crippen LogP contribution is 2.14. The van der Waals surface area contributed by atoms with E-state index in [0.717, 1.165) is 16.3 Å². The Morgan fingerprint density at radius 3 is 2.27 bits per heavy atom. The molecule has 4 heteroatoms. The van der Waals surface area contributed by atoms with Crippen LogP contribution < -0.4 is 5.46 Å². The van der Waals surface area contributed by atoms with E-state index in [1.54, 1.807) is 12.1 Å². The number of benzene rings is 2. The van der Waals surface area contributed by atoms with Gasteiger partial charge in [0, 0.05) is 0 Å². The second-order valence-electron chi connectivity index (χ2n) is 3.47. The highest BCUT2D eigenvalue weighted by molar-refractivity contribution is 6.58. The lowest BCUT2D eigenvalue weighted by molar-refractivity contribution is 0.282. The summed E-state index contributed by atoms with van der Waals surface area (Å²) in [6.07, 6.45) is 0. The first kappa shape index (κ1) is 10.2. The lowest BCUT2D eigenvalue weighted by Gasteiger charge is -2.04. The van der Waals surface area contributed by atoms with Gasteiger partial charge in [-0.3, -0.25) is 0 Å². The van der Waals surface area contributed by atoms with E-state index in [2.05, 4.69) is 0 Å². The maximum absolute atomic E-state index is 9.00. The van der Waals surface area contributed by atoms with Crippen LogP contribution in [0.25, 0.3) is 10.8 Å². The summed E-state index contributed by atoms with van der Waals surface area (Å²) in [5.41, 5.74) is 1.32. The lowest BCUT2D eigenvalue weighted by atomic mass is 9.79. The third kappa shape index (κ3) is 2.02. The molecule has 0 aliphatic carbocycles. The minimum atomic E-state index is -1.44. The van der Waals surface area contributed by atoms with Crippen molar-refractivity contribution in [3.63, 3.8) is 0 Å². The zero-order valence-corrected chi connectivity index (χ0v) is 8.09. The Labute approximate surface area is 87.8 Å². The Hall–Kier alpha value is -1.36. The maximum Gasteiger partial charge on any atom is 0.488 e. The van der Waals surface area contributed by atoms with Crippen molar-refractivity contribution in [3.8, 4) is 0 Å². The SMILES string of the molecule is OCc1ccc2cc(B(O)O)ccc2c1. The van der Waals surface area contributed by atoms with E-state index in [-0.39, 0.29) is 6.61 Å². The van der Waals surface area contributed by atoms with Crippen molar-refractivity contribution < 1.29 is 15.2 Å². The molecule has 0 aromatic heterocycles. The van der Waals surface area contributed by atoms with Crippen LogP contribution in [-0.2, 0) is 6.61 Å². The summed E-state index contributed by atoms with van der Waals surface area (Å²) in [5.74, 6) is 0. The van der Waals surface area contributed by atoms with Gasteiger partial charge in [0.25, 0.3) is 0 Å². The van der Waals surface area contributed by atoms with Crippen LogP contribution in [0, 0.1) is 0 Å². The van der Waals surface area contributed by atoms with E-state index >= 15 is 0 Å². The molecule has 0 radical (unpaired) electrons. The molecule has 0 spiro atoms. The molecule has 76 valence electrons. The molecule has 0 aliphatic heterocycles. The Bertz CT molecular complexity index is 482. The summed E-state index contributed by atoms with van der Waals surface area (Å²) in [6.45, 7) is 0.0142. The van der Waals surface area contributed by atoms with Gasteiger partial charge in [-0.2, -0.15) is 0 Å². The molecule has 0 saturated carbocycles. The first-order chi connectivity index (χ1) is 7.20. The van der Waals surface area contributed by atoms with Crippen molar-refractivity contribution in [1.29, 1.82) is 0 Å². The van der Waals surface area contributed by atoms with Gasteiger partial charge in [-0.25, -0.2) is 0 Å². The number of rotatable bonds is 2. The zero-order chi connectivity index (χ0) is 10.8. The summed E-state index contributed by atoms with van der Waals surface area (Å²) >= 11 is 0. The molecule has 0 bridgehead atoms. The molecule has 15 heavy (non-hydrogen) atoms. The number of aliphatic hydroxyl groups is 1. The normalized spacial score (nSPS) is 10.6. The van der Waals surface area contributed by atoms with E-state index in [9.17, 15) is 0 Å². The molecule has 3 nitrogen and oxygen atoms in total. The van der Waals surface area contributed by atoms with Gasteiger partial charge in [-0.05, 0) is 27.9 Å². The quantitative estimate of drug-likeness (QED) is 0.601. The van der Waals surface area contributed by atoms with Crippen LogP contribution >= 0.6 is 0 Å². The summed E-state index contributed by atoms with van der Waals surface area (Å²) in [5, 5.41) is 28.9. The maximum atomic E-state index is 9.00. The van der Waals surface area contributed by atoms with Gasteiger partial charge in [0.1, 0.15) is 0 Å². The van der Waals surface area contributed by atoms with Crippen molar-refractivity contribution in [2.24, 2.45) is 0 Å². The van der Waals surface area contributed by atoms with Gasteiger partial charge in [0.15, 0.2) is 0 Å². The lowest BCUT2D eigenvalue weighted by Crippen LogP contribution is -2.29. The molecule has 0 amide bonds. The summed E-state index contributed by atoms with van der Waals surface area (Å²) in [6, 6.07) is 10.7. The van der Waals surface area contributed by atoms with E-state index in [1.807, 2.05) is 24.3 Å². The molecule has 2 aromatic rings. The smallest absolute Gasteiger partial charge is 0.423 e. The monoisotopic (exact) mass is 202 g/mol. The van der Waals surface area contributed by atoms with Gasteiger partial charge in [-0.15, -0.1) is 0 Å². The molecule has 0 saturated heterocycles. The third-order valence-corrected chi connectivity index (χ3v) is 2.41. The van der Waals surface area contributed by atoms with Crippen LogP contribution in [0.5, 0.6) is 0 Å². The number of hydrogen-bond acceptors (Lipinski definition) is 3. The zero-order valence-electron chi connectivity index (χ0n) is 8.09. The third-order valence-electron chi connectivity index (χ3n) is 2.41. The van der Waals surface area contributed by atoms with Crippen molar-refractivity contribution in [1.82, 2.24) is 0 Å². The Morgan fingerprint density at radius 2 is 1.60 bits per heavy atom.